The van der Waals surface area contributed by atoms with E-state index in [1.165, 1.54) is 16.7 Å². The van der Waals surface area contributed by atoms with E-state index in [-0.39, 0.29) is 43.9 Å². The van der Waals surface area contributed by atoms with Crippen LogP contribution in [0.5, 0.6) is 5.75 Å². The van der Waals surface area contributed by atoms with Gasteiger partial charge in [0.1, 0.15) is 12.1 Å². The molecule has 4 aromatic rings. The first kappa shape index (κ1) is 44.5. The average Bonchev–Trinajstić information content (AvgIpc) is 3.42. The molecular formula is C40H65N5O. The van der Waals surface area contributed by atoms with E-state index in [0.29, 0.717) is 0 Å². The Morgan fingerprint density at radius 1 is 0.565 bits per heavy atom. The van der Waals surface area contributed by atoms with Crippen LogP contribution in [-0.4, -0.2) is 31.8 Å². The number of benzene rings is 1. The molecular weight excluding hydrogens is 566 g/mol. The topological polar surface area (TPSA) is 73.7 Å². The molecule has 0 aliphatic carbocycles. The van der Waals surface area contributed by atoms with Crippen LogP contribution in [0.4, 0.5) is 0 Å². The molecule has 6 nitrogen and oxygen atoms in total. The predicted molar refractivity (Wildman–Crippen MR) is 199 cm³/mol. The van der Waals surface area contributed by atoms with Gasteiger partial charge in [-0.1, -0.05) is 124 Å². The van der Waals surface area contributed by atoms with E-state index in [4.69, 9.17) is 4.74 Å². The summed E-state index contributed by atoms with van der Waals surface area (Å²) in [5.74, 6) is 1.08. The van der Waals surface area contributed by atoms with Gasteiger partial charge in [0.15, 0.2) is 0 Å². The zero-order valence-corrected chi connectivity index (χ0v) is 28.6. The molecule has 0 amide bonds. The first-order valence-electron chi connectivity index (χ1n) is 15.1. The lowest BCUT2D eigenvalue weighted by Gasteiger charge is -2.19. The summed E-state index contributed by atoms with van der Waals surface area (Å²) in [5.41, 5.74) is 6.99. The summed E-state index contributed by atoms with van der Waals surface area (Å²) in [6, 6.07) is 16.5. The predicted octanol–water partition coefficient (Wildman–Crippen LogP) is 10.8. The number of hydrogen-bond acceptors (Lipinski definition) is 6. The van der Waals surface area contributed by atoms with Crippen molar-refractivity contribution in [2.45, 2.75) is 133 Å². The SMILES string of the molecule is C.C.C.CC(C)(C)c1ccc2c(c1)CCO2.CC(C)(C)c1ccccn1.CC(C)(C)c1ccncn1.CC(C)(C)c1ccnnc1. The number of ether oxygens (including phenoxy) is 1. The van der Waals surface area contributed by atoms with Crippen LogP contribution in [0.3, 0.4) is 0 Å². The maximum Gasteiger partial charge on any atom is 0.122 e. The second-order valence-corrected chi connectivity index (χ2v) is 14.9. The third-order valence-corrected chi connectivity index (χ3v) is 6.79. The molecule has 5 rings (SSSR count). The van der Waals surface area contributed by atoms with E-state index in [0.717, 1.165) is 30.2 Å². The summed E-state index contributed by atoms with van der Waals surface area (Å²) in [4.78, 5) is 12.2. The third-order valence-electron chi connectivity index (χ3n) is 6.79. The van der Waals surface area contributed by atoms with Gasteiger partial charge in [0.05, 0.1) is 12.8 Å². The van der Waals surface area contributed by atoms with Gasteiger partial charge >= 0.3 is 0 Å². The second kappa shape index (κ2) is 19.1. The van der Waals surface area contributed by atoms with E-state index in [1.807, 2.05) is 30.5 Å². The molecule has 0 radical (unpaired) electrons. The van der Waals surface area contributed by atoms with Crippen molar-refractivity contribution in [1.82, 2.24) is 25.1 Å². The smallest absolute Gasteiger partial charge is 0.122 e. The van der Waals surface area contributed by atoms with E-state index in [1.54, 1.807) is 24.9 Å². The van der Waals surface area contributed by atoms with Crippen molar-refractivity contribution in [3.63, 3.8) is 0 Å². The minimum atomic E-state index is 0. The van der Waals surface area contributed by atoms with Gasteiger partial charge < -0.3 is 4.74 Å². The fourth-order valence-electron chi connectivity index (χ4n) is 3.93. The first-order valence-corrected chi connectivity index (χ1v) is 15.1. The molecule has 0 atom stereocenters. The maximum atomic E-state index is 5.47. The summed E-state index contributed by atoms with van der Waals surface area (Å²) in [5, 5.41) is 7.51. The zero-order chi connectivity index (χ0) is 32.3. The maximum absolute atomic E-state index is 5.47. The van der Waals surface area contributed by atoms with Crippen molar-refractivity contribution in [3.05, 3.63) is 108 Å². The Bertz CT molecular complexity index is 1230. The fraction of sp³-hybridized carbons (Fsp3) is 0.525. The molecule has 0 bridgehead atoms. The van der Waals surface area contributed by atoms with Crippen LogP contribution in [0.25, 0.3) is 0 Å². The van der Waals surface area contributed by atoms with Crippen molar-refractivity contribution >= 4 is 0 Å². The molecule has 1 aromatic carbocycles. The Morgan fingerprint density at radius 3 is 1.57 bits per heavy atom. The molecule has 0 unspecified atom stereocenters. The van der Waals surface area contributed by atoms with Gasteiger partial charge in [0, 0.05) is 47.2 Å². The molecule has 46 heavy (non-hydrogen) atoms. The average molecular weight is 632 g/mol. The molecule has 0 spiro atoms. The van der Waals surface area contributed by atoms with Gasteiger partial charge in [0.2, 0.25) is 0 Å². The molecule has 4 heterocycles. The molecule has 1 aliphatic heterocycles. The fourth-order valence-corrected chi connectivity index (χ4v) is 3.93. The van der Waals surface area contributed by atoms with E-state index >= 15 is 0 Å². The van der Waals surface area contributed by atoms with Crippen molar-refractivity contribution in [1.29, 1.82) is 0 Å². The van der Waals surface area contributed by atoms with Crippen LogP contribution in [0.15, 0.2) is 79.6 Å². The van der Waals surface area contributed by atoms with Gasteiger partial charge in [-0.2, -0.15) is 10.2 Å². The lowest BCUT2D eigenvalue weighted by Crippen LogP contribution is -2.12. The lowest BCUT2D eigenvalue weighted by atomic mass is 9.86. The normalized spacial score (nSPS) is 11.8. The standard InChI is InChI=1S/C12H16O.C9H13N.2C8H12N2.3CH4/c1-12(2,3)10-4-5-11-9(8-10)6-7-13-11;1-9(2,3)8-6-4-5-7-10-8;1-8(2,3)7-4-5-9-6-10-7;1-8(2,3)7-4-5-9-10-6-7;;;/h4-5,8H,6-7H2,1-3H3;4-7H,1-3H3;2*4-6H,1-3H3;3*1H4. The van der Waals surface area contributed by atoms with Gasteiger partial charge in [-0.15, -0.1) is 0 Å². The number of hydrogen-bond donors (Lipinski definition) is 0. The van der Waals surface area contributed by atoms with Gasteiger partial charge in [0.25, 0.3) is 0 Å². The minimum Gasteiger partial charge on any atom is -0.493 e. The highest BCUT2D eigenvalue weighted by Crippen LogP contribution is 2.31. The van der Waals surface area contributed by atoms with Crippen molar-refractivity contribution in [2.75, 3.05) is 6.61 Å². The third kappa shape index (κ3) is 15.6. The molecule has 0 fully saturated rings. The highest BCUT2D eigenvalue weighted by Gasteiger charge is 2.18. The molecule has 0 saturated heterocycles. The molecule has 1 aliphatic rings. The van der Waals surface area contributed by atoms with Crippen LogP contribution >= 0.6 is 0 Å². The van der Waals surface area contributed by atoms with Gasteiger partial charge in [-0.3, -0.25) is 4.98 Å². The summed E-state index contributed by atoms with van der Waals surface area (Å²) in [7, 11) is 0. The van der Waals surface area contributed by atoms with E-state index in [9.17, 15) is 0 Å². The molecule has 0 N–H and O–H groups in total. The zero-order valence-electron chi connectivity index (χ0n) is 28.6. The van der Waals surface area contributed by atoms with Crippen LogP contribution < -0.4 is 4.74 Å². The number of nitrogens with zero attached hydrogens (tertiary/aromatic N) is 5. The molecule has 6 heteroatoms. The Morgan fingerprint density at radius 2 is 1.17 bits per heavy atom. The Hall–Kier alpha value is -3.67. The molecule has 3 aromatic heterocycles. The first-order chi connectivity index (χ1) is 19.9. The number of rotatable bonds is 0. The minimum absolute atomic E-state index is 0. The Balaban J connectivity index is 0. The van der Waals surface area contributed by atoms with Crippen molar-refractivity contribution in [3.8, 4) is 5.75 Å². The second-order valence-electron chi connectivity index (χ2n) is 14.9. The van der Waals surface area contributed by atoms with E-state index in [2.05, 4.69) is 132 Å². The van der Waals surface area contributed by atoms with Crippen LogP contribution in [-0.2, 0) is 28.1 Å². The summed E-state index contributed by atoms with van der Waals surface area (Å²) < 4.78 is 5.47. The summed E-state index contributed by atoms with van der Waals surface area (Å²) in [6.07, 6.45) is 9.79. The monoisotopic (exact) mass is 632 g/mol. The molecule has 256 valence electrons. The summed E-state index contributed by atoms with van der Waals surface area (Å²) in [6.45, 7) is 26.9. The Kier molecular flexibility index (Phi) is 18.5. The Labute approximate surface area is 282 Å². The number of fused-ring (bicyclic) bond motifs is 1. The lowest BCUT2D eigenvalue weighted by molar-refractivity contribution is 0.356. The van der Waals surface area contributed by atoms with Crippen molar-refractivity contribution < 1.29 is 4.74 Å². The van der Waals surface area contributed by atoms with Crippen LogP contribution in [0.2, 0.25) is 0 Å². The molecule has 0 saturated carbocycles. The van der Waals surface area contributed by atoms with Crippen LogP contribution in [0.1, 0.15) is 133 Å². The highest BCUT2D eigenvalue weighted by molar-refractivity contribution is 5.41. The summed E-state index contributed by atoms with van der Waals surface area (Å²) >= 11 is 0. The number of aromatic nitrogens is 5. The number of pyridine rings is 1. The largest absolute Gasteiger partial charge is 0.493 e. The highest BCUT2D eigenvalue weighted by atomic mass is 16.5. The van der Waals surface area contributed by atoms with Crippen LogP contribution in [0, 0.1) is 0 Å². The quantitative estimate of drug-likeness (QED) is 0.192. The van der Waals surface area contributed by atoms with E-state index < -0.39 is 0 Å². The van der Waals surface area contributed by atoms with Crippen molar-refractivity contribution in [2.24, 2.45) is 0 Å². The van der Waals surface area contributed by atoms with Gasteiger partial charge in [-0.25, -0.2) is 9.97 Å². The van der Waals surface area contributed by atoms with Gasteiger partial charge in [-0.05, 0) is 57.9 Å².